The number of nitrogens with zero attached hydrogens (tertiary/aromatic N) is 1. The predicted octanol–water partition coefficient (Wildman–Crippen LogP) is 1.92. The molecule has 2 rings (SSSR count). The van der Waals surface area contributed by atoms with Gasteiger partial charge in [0.05, 0.1) is 18.3 Å². The summed E-state index contributed by atoms with van der Waals surface area (Å²) < 4.78 is 31.9. The maximum Gasteiger partial charge on any atom is 0.310 e. The third kappa shape index (κ3) is 3.01. The van der Waals surface area contributed by atoms with Crippen molar-refractivity contribution in [1.82, 2.24) is 4.31 Å². The number of hydrogen-bond acceptors (Lipinski definition) is 4. The van der Waals surface area contributed by atoms with Crippen LogP contribution < -0.4 is 0 Å². The molecule has 2 atom stereocenters. The van der Waals surface area contributed by atoms with E-state index in [1.54, 1.807) is 7.05 Å². The Bertz CT molecular complexity index is 442. The highest BCUT2D eigenvalue weighted by molar-refractivity contribution is 7.89. The topological polar surface area (TPSA) is 63.7 Å². The van der Waals surface area contributed by atoms with Crippen LogP contribution in [-0.4, -0.2) is 44.1 Å². The number of carbonyl (C=O) groups is 1. The van der Waals surface area contributed by atoms with Crippen molar-refractivity contribution in [2.24, 2.45) is 5.92 Å². The van der Waals surface area contributed by atoms with Crippen LogP contribution in [0.5, 0.6) is 0 Å². The first-order chi connectivity index (χ1) is 9.48. The van der Waals surface area contributed by atoms with E-state index >= 15 is 0 Å². The van der Waals surface area contributed by atoms with E-state index in [1.807, 2.05) is 0 Å². The molecule has 0 aromatic rings. The summed E-state index contributed by atoms with van der Waals surface area (Å²) in [5.41, 5.74) is 0. The molecule has 6 heteroatoms. The lowest BCUT2D eigenvalue weighted by molar-refractivity contribution is -0.145. The van der Waals surface area contributed by atoms with E-state index in [0.717, 1.165) is 32.1 Å². The van der Waals surface area contributed by atoms with Crippen LogP contribution in [0.3, 0.4) is 0 Å². The molecule has 0 spiro atoms. The summed E-state index contributed by atoms with van der Waals surface area (Å²) in [7, 11) is -0.403. The predicted molar refractivity (Wildman–Crippen MR) is 76.7 cm³/mol. The highest BCUT2D eigenvalue weighted by Crippen LogP contribution is 2.35. The van der Waals surface area contributed by atoms with Gasteiger partial charge in [0.1, 0.15) is 0 Å². The van der Waals surface area contributed by atoms with Gasteiger partial charge < -0.3 is 4.74 Å². The minimum absolute atomic E-state index is 0.104. The lowest BCUT2D eigenvalue weighted by Crippen LogP contribution is -2.45. The average molecular weight is 303 g/mol. The third-order valence-corrected chi connectivity index (χ3v) is 7.26. The summed E-state index contributed by atoms with van der Waals surface area (Å²) >= 11 is 0. The van der Waals surface area contributed by atoms with Crippen molar-refractivity contribution in [2.75, 3.05) is 14.2 Å². The minimum atomic E-state index is -3.41. The molecule has 2 fully saturated rings. The smallest absolute Gasteiger partial charge is 0.310 e. The van der Waals surface area contributed by atoms with Crippen molar-refractivity contribution < 1.29 is 17.9 Å². The number of methoxy groups -OCH3 is 1. The van der Waals surface area contributed by atoms with Crippen molar-refractivity contribution in [3.05, 3.63) is 0 Å². The zero-order valence-electron chi connectivity index (χ0n) is 12.4. The van der Waals surface area contributed by atoms with E-state index in [-0.39, 0.29) is 12.0 Å². The maximum atomic E-state index is 12.8. The van der Waals surface area contributed by atoms with Gasteiger partial charge in [-0.05, 0) is 25.7 Å². The van der Waals surface area contributed by atoms with E-state index < -0.39 is 21.2 Å². The summed E-state index contributed by atoms with van der Waals surface area (Å²) in [5.74, 6) is -0.871. The second kappa shape index (κ2) is 6.43. The summed E-state index contributed by atoms with van der Waals surface area (Å²) in [5, 5.41) is -0.595. The Kier molecular flexibility index (Phi) is 5.07. The zero-order valence-corrected chi connectivity index (χ0v) is 13.2. The Balaban J connectivity index is 2.13. The molecule has 0 radical (unpaired) electrons. The highest BCUT2D eigenvalue weighted by atomic mass is 32.2. The number of hydrogen-bond donors (Lipinski definition) is 0. The summed E-state index contributed by atoms with van der Waals surface area (Å²) in [4.78, 5) is 11.8. The SMILES string of the molecule is COC(=O)C1CCCC1S(=O)(=O)N(C)C1CCCCC1. The molecule has 0 bridgehead atoms. The zero-order chi connectivity index (χ0) is 14.8. The van der Waals surface area contributed by atoms with Gasteiger partial charge in [0, 0.05) is 13.1 Å². The summed E-state index contributed by atoms with van der Waals surface area (Å²) in [6.07, 6.45) is 7.22. The van der Waals surface area contributed by atoms with Crippen molar-refractivity contribution in [1.29, 1.82) is 0 Å². The first kappa shape index (κ1) is 15.8. The van der Waals surface area contributed by atoms with Gasteiger partial charge in [-0.3, -0.25) is 4.79 Å². The number of rotatable bonds is 4. The van der Waals surface area contributed by atoms with Gasteiger partial charge >= 0.3 is 5.97 Å². The molecule has 20 heavy (non-hydrogen) atoms. The molecule has 0 aromatic heterocycles. The number of sulfonamides is 1. The van der Waals surface area contributed by atoms with Crippen molar-refractivity contribution in [3.63, 3.8) is 0 Å². The first-order valence-electron chi connectivity index (χ1n) is 7.53. The molecule has 5 nitrogen and oxygen atoms in total. The molecule has 2 unspecified atom stereocenters. The summed E-state index contributed by atoms with van der Waals surface area (Å²) in [6.45, 7) is 0. The van der Waals surface area contributed by atoms with Crippen LogP contribution in [-0.2, 0) is 19.6 Å². The normalized spacial score (nSPS) is 28.8. The third-order valence-electron chi connectivity index (χ3n) is 4.83. The number of esters is 1. The Morgan fingerprint density at radius 1 is 1.05 bits per heavy atom. The molecule has 2 aliphatic rings. The van der Waals surface area contributed by atoms with Gasteiger partial charge in [-0.15, -0.1) is 0 Å². The molecule has 2 saturated carbocycles. The van der Waals surface area contributed by atoms with Crippen LogP contribution in [0.1, 0.15) is 51.4 Å². The molecule has 0 amide bonds. The monoisotopic (exact) mass is 303 g/mol. The molecule has 0 aliphatic heterocycles. The molecular formula is C14H25NO4S. The number of carbonyl (C=O) groups excluding carboxylic acids is 1. The Morgan fingerprint density at radius 2 is 1.70 bits per heavy atom. The van der Waals surface area contributed by atoms with Gasteiger partial charge in [-0.2, -0.15) is 0 Å². The van der Waals surface area contributed by atoms with Crippen LogP contribution in [0.25, 0.3) is 0 Å². The van der Waals surface area contributed by atoms with Crippen LogP contribution in [0, 0.1) is 5.92 Å². The van der Waals surface area contributed by atoms with E-state index in [2.05, 4.69) is 0 Å². The molecule has 2 aliphatic carbocycles. The Labute approximate surface area is 121 Å². The van der Waals surface area contributed by atoms with E-state index in [9.17, 15) is 13.2 Å². The van der Waals surface area contributed by atoms with Crippen LogP contribution in [0.15, 0.2) is 0 Å². The first-order valence-corrected chi connectivity index (χ1v) is 9.03. The average Bonchev–Trinajstić information content (AvgIpc) is 2.96. The molecule has 0 aromatic carbocycles. The quantitative estimate of drug-likeness (QED) is 0.744. The molecule has 0 N–H and O–H groups in total. The Morgan fingerprint density at radius 3 is 2.30 bits per heavy atom. The lowest BCUT2D eigenvalue weighted by atomic mass is 9.96. The Hall–Kier alpha value is -0.620. The highest BCUT2D eigenvalue weighted by Gasteiger charge is 2.45. The van der Waals surface area contributed by atoms with Crippen LogP contribution >= 0.6 is 0 Å². The number of ether oxygens (including phenoxy) is 1. The fourth-order valence-corrected chi connectivity index (χ4v) is 5.75. The largest absolute Gasteiger partial charge is 0.469 e. The molecule has 116 valence electrons. The fraction of sp³-hybridized carbons (Fsp3) is 0.929. The minimum Gasteiger partial charge on any atom is -0.469 e. The van der Waals surface area contributed by atoms with Crippen molar-refractivity contribution >= 4 is 16.0 Å². The van der Waals surface area contributed by atoms with Gasteiger partial charge in [0.2, 0.25) is 10.0 Å². The van der Waals surface area contributed by atoms with Gasteiger partial charge in [-0.1, -0.05) is 25.7 Å². The van der Waals surface area contributed by atoms with E-state index in [4.69, 9.17) is 4.74 Å². The van der Waals surface area contributed by atoms with Gasteiger partial charge in [0.15, 0.2) is 0 Å². The molecule has 0 heterocycles. The maximum absolute atomic E-state index is 12.8. The fourth-order valence-electron chi connectivity index (χ4n) is 3.57. The second-order valence-corrected chi connectivity index (χ2v) is 8.16. The summed E-state index contributed by atoms with van der Waals surface area (Å²) in [6, 6.07) is 0.104. The van der Waals surface area contributed by atoms with E-state index in [1.165, 1.54) is 17.8 Å². The standard InChI is InChI=1S/C14H25NO4S/c1-15(11-7-4-3-5-8-11)20(17,18)13-10-6-9-12(13)14(16)19-2/h11-13H,3-10H2,1-2H3. The van der Waals surface area contributed by atoms with Gasteiger partial charge in [0.25, 0.3) is 0 Å². The molecule has 0 saturated heterocycles. The van der Waals surface area contributed by atoms with Crippen LogP contribution in [0.2, 0.25) is 0 Å². The van der Waals surface area contributed by atoms with Crippen molar-refractivity contribution in [3.8, 4) is 0 Å². The van der Waals surface area contributed by atoms with Crippen molar-refractivity contribution in [2.45, 2.75) is 62.7 Å². The lowest BCUT2D eigenvalue weighted by Gasteiger charge is -2.33. The second-order valence-electron chi connectivity index (χ2n) is 5.95. The van der Waals surface area contributed by atoms with Gasteiger partial charge in [-0.25, -0.2) is 12.7 Å². The molecular weight excluding hydrogens is 278 g/mol. The van der Waals surface area contributed by atoms with E-state index in [0.29, 0.717) is 12.8 Å². The van der Waals surface area contributed by atoms with Crippen LogP contribution in [0.4, 0.5) is 0 Å².